The van der Waals surface area contributed by atoms with Crippen molar-refractivity contribution in [2.24, 2.45) is 0 Å². The summed E-state index contributed by atoms with van der Waals surface area (Å²) in [6, 6.07) is 13.9. The second-order valence-corrected chi connectivity index (χ2v) is 5.44. The minimum atomic E-state index is -0.513. The lowest BCUT2D eigenvalue weighted by Gasteiger charge is -2.23. The number of nitrogens with zero attached hydrogens (tertiary/aromatic N) is 1. The van der Waals surface area contributed by atoms with Gasteiger partial charge in [0.2, 0.25) is 0 Å². The maximum absolute atomic E-state index is 10.4. The molecule has 1 atom stereocenters. The van der Waals surface area contributed by atoms with Crippen LogP contribution < -0.4 is 9.64 Å². The fourth-order valence-corrected chi connectivity index (χ4v) is 2.29. The second-order valence-electron chi connectivity index (χ2n) is 5.44. The smallest absolute Gasteiger partial charge is 0.120 e. The van der Waals surface area contributed by atoms with Crippen LogP contribution in [0, 0.1) is 13.8 Å². The van der Waals surface area contributed by atoms with Gasteiger partial charge in [0.1, 0.15) is 5.75 Å². The number of aryl methyl sites for hydroxylation is 2. The van der Waals surface area contributed by atoms with E-state index in [4.69, 9.17) is 4.74 Å². The van der Waals surface area contributed by atoms with Crippen molar-refractivity contribution in [3.63, 3.8) is 0 Å². The normalized spacial score (nSPS) is 12.0. The zero-order valence-electron chi connectivity index (χ0n) is 13.1. The van der Waals surface area contributed by atoms with Crippen molar-refractivity contribution in [2.75, 3.05) is 25.6 Å². The number of hydrogen-bond donors (Lipinski definition) is 1. The molecule has 0 aromatic heterocycles. The lowest BCUT2D eigenvalue weighted by Crippen LogP contribution is -2.24. The van der Waals surface area contributed by atoms with Crippen molar-refractivity contribution in [3.05, 3.63) is 59.2 Å². The zero-order valence-corrected chi connectivity index (χ0v) is 13.1. The van der Waals surface area contributed by atoms with Gasteiger partial charge in [0.25, 0.3) is 0 Å². The van der Waals surface area contributed by atoms with Crippen molar-refractivity contribution in [3.8, 4) is 5.75 Å². The second kappa shape index (κ2) is 6.64. The number of rotatable bonds is 5. The van der Waals surface area contributed by atoms with E-state index < -0.39 is 6.10 Å². The Morgan fingerprint density at radius 1 is 1.10 bits per heavy atom. The van der Waals surface area contributed by atoms with Gasteiger partial charge in [-0.2, -0.15) is 0 Å². The first-order valence-corrected chi connectivity index (χ1v) is 7.11. The van der Waals surface area contributed by atoms with Crippen molar-refractivity contribution in [1.29, 1.82) is 0 Å². The molecule has 1 N–H and O–H groups in total. The Labute approximate surface area is 126 Å². The summed E-state index contributed by atoms with van der Waals surface area (Å²) >= 11 is 0. The zero-order chi connectivity index (χ0) is 15.4. The Kier molecular flexibility index (Phi) is 4.86. The van der Waals surface area contributed by atoms with Crippen LogP contribution >= 0.6 is 0 Å². The van der Waals surface area contributed by atoms with Crippen molar-refractivity contribution < 1.29 is 9.84 Å². The molecule has 3 heteroatoms. The Hall–Kier alpha value is -2.00. The van der Waals surface area contributed by atoms with E-state index in [2.05, 4.69) is 26.0 Å². The maximum Gasteiger partial charge on any atom is 0.120 e. The monoisotopic (exact) mass is 285 g/mol. The first kappa shape index (κ1) is 15.4. The van der Waals surface area contributed by atoms with Crippen LogP contribution in [0.3, 0.4) is 0 Å². The van der Waals surface area contributed by atoms with E-state index in [1.54, 1.807) is 7.11 Å². The molecule has 2 aromatic carbocycles. The minimum Gasteiger partial charge on any atom is -0.497 e. The van der Waals surface area contributed by atoms with Crippen LogP contribution in [0.25, 0.3) is 0 Å². The summed E-state index contributed by atoms with van der Waals surface area (Å²) in [5.74, 6) is 0.819. The predicted octanol–water partition coefficient (Wildman–Crippen LogP) is 3.48. The quantitative estimate of drug-likeness (QED) is 0.913. The molecule has 2 rings (SSSR count). The summed E-state index contributed by atoms with van der Waals surface area (Å²) in [5, 5.41) is 10.4. The fourth-order valence-electron chi connectivity index (χ4n) is 2.29. The van der Waals surface area contributed by atoms with Crippen LogP contribution in [0.5, 0.6) is 5.75 Å². The summed E-state index contributed by atoms with van der Waals surface area (Å²) in [7, 11) is 3.63. The van der Waals surface area contributed by atoms with E-state index in [-0.39, 0.29) is 0 Å². The third kappa shape index (κ3) is 3.76. The van der Waals surface area contributed by atoms with Crippen molar-refractivity contribution in [1.82, 2.24) is 0 Å². The Morgan fingerprint density at radius 2 is 1.86 bits per heavy atom. The molecule has 0 amide bonds. The van der Waals surface area contributed by atoms with Crippen LogP contribution in [0.1, 0.15) is 22.8 Å². The summed E-state index contributed by atoms with van der Waals surface area (Å²) in [6.45, 7) is 4.68. The molecular weight excluding hydrogens is 262 g/mol. The summed E-state index contributed by atoms with van der Waals surface area (Å²) in [5.41, 5.74) is 4.42. The molecule has 0 bridgehead atoms. The molecule has 2 aromatic rings. The van der Waals surface area contributed by atoms with Gasteiger partial charge in [-0.3, -0.25) is 0 Å². The van der Waals surface area contributed by atoms with Gasteiger partial charge >= 0.3 is 0 Å². The van der Waals surface area contributed by atoms with Crippen LogP contribution in [0.2, 0.25) is 0 Å². The van der Waals surface area contributed by atoms with Crippen LogP contribution in [0.15, 0.2) is 42.5 Å². The predicted molar refractivity (Wildman–Crippen MR) is 87.1 cm³/mol. The molecule has 0 saturated heterocycles. The summed E-state index contributed by atoms with van der Waals surface area (Å²) in [6.07, 6.45) is -0.513. The van der Waals surface area contributed by atoms with Crippen LogP contribution in [0.4, 0.5) is 5.69 Å². The van der Waals surface area contributed by atoms with E-state index in [0.717, 1.165) is 17.0 Å². The molecule has 3 nitrogen and oxygen atoms in total. The van der Waals surface area contributed by atoms with Crippen LogP contribution in [-0.4, -0.2) is 25.8 Å². The highest BCUT2D eigenvalue weighted by Crippen LogP contribution is 2.23. The van der Waals surface area contributed by atoms with E-state index >= 15 is 0 Å². The molecule has 1 unspecified atom stereocenters. The van der Waals surface area contributed by atoms with Gasteiger partial charge in [0.05, 0.1) is 13.2 Å². The number of ether oxygens (including phenoxy) is 1. The number of anilines is 1. The molecular formula is C18H23NO2. The standard InChI is InChI=1S/C18H23NO2/c1-13-8-9-15(10-14(13)2)18(20)12-19(3)16-6-5-7-17(11-16)21-4/h5-11,18,20H,12H2,1-4H3. The highest BCUT2D eigenvalue weighted by atomic mass is 16.5. The Bertz CT molecular complexity index is 610. The molecule has 0 aliphatic rings. The molecule has 21 heavy (non-hydrogen) atoms. The molecule has 0 spiro atoms. The minimum absolute atomic E-state index is 0.513. The molecule has 0 heterocycles. The number of aliphatic hydroxyl groups excluding tert-OH is 1. The van der Waals surface area contributed by atoms with Gasteiger partial charge in [-0.25, -0.2) is 0 Å². The number of hydrogen-bond acceptors (Lipinski definition) is 3. The summed E-state index contributed by atoms with van der Waals surface area (Å²) < 4.78 is 5.23. The molecule has 112 valence electrons. The Morgan fingerprint density at radius 3 is 2.52 bits per heavy atom. The largest absolute Gasteiger partial charge is 0.497 e. The lowest BCUT2D eigenvalue weighted by atomic mass is 10.0. The van der Waals surface area contributed by atoms with Gasteiger partial charge in [0, 0.05) is 25.3 Å². The van der Waals surface area contributed by atoms with E-state index in [9.17, 15) is 5.11 Å². The van der Waals surface area contributed by atoms with Crippen molar-refractivity contribution in [2.45, 2.75) is 20.0 Å². The van der Waals surface area contributed by atoms with Gasteiger partial charge in [-0.15, -0.1) is 0 Å². The van der Waals surface area contributed by atoms with Crippen molar-refractivity contribution >= 4 is 5.69 Å². The average Bonchev–Trinajstić information content (AvgIpc) is 2.49. The molecule has 0 aliphatic heterocycles. The molecule has 0 saturated carbocycles. The molecule has 0 radical (unpaired) electrons. The SMILES string of the molecule is COc1cccc(N(C)CC(O)c2ccc(C)c(C)c2)c1. The van der Waals surface area contributed by atoms with Gasteiger partial charge in [-0.05, 0) is 42.7 Å². The Balaban J connectivity index is 2.10. The summed E-state index contributed by atoms with van der Waals surface area (Å²) in [4.78, 5) is 2.03. The third-order valence-corrected chi connectivity index (χ3v) is 3.86. The van der Waals surface area contributed by atoms with Gasteiger partial charge < -0.3 is 14.7 Å². The van der Waals surface area contributed by atoms with Crippen LogP contribution in [-0.2, 0) is 0 Å². The maximum atomic E-state index is 10.4. The molecule has 0 fully saturated rings. The van der Waals surface area contributed by atoms with E-state index in [1.165, 1.54) is 11.1 Å². The third-order valence-electron chi connectivity index (χ3n) is 3.86. The topological polar surface area (TPSA) is 32.7 Å². The number of aliphatic hydroxyl groups is 1. The first-order valence-electron chi connectivity index (χ1n) is 7.11. The number of methoxy groups -OCH3 is 1. The highest BCUT2D eigenvalue weighted by Gasteiger charge is 2.12. The van der Waals surface area contributed by atoms with E-state index in [1.807, 2.05) is 42.3 Å². The molecule has 0 aliphatic carbocycles. The van der Waals surface area contributed by atoms with Gasteiger partial charge in [0.15, 0.2) is 0 Å². The number of likely N-dealkylation sites (N-methyl/N-ethyl adjacent to an activating group) is 1. The average molecular weight is 285 g/mol. The van der Waals surface area contributed by atoms with Gasteiger partial charge in [-0.1, -0.05) is 24.3 Å². The van der Waals surface area contributed by atoms with E-state index in [0.29, 0.717) is 6.54 Å². The highest BCUT2D eigenvalue weighted by molar-refractivity contribution is 5.50. The lowest BCUT2D eigenvalue weighted by molar-refractivity contribution is 0.185. The number of benzene rings is 2. The first-order chi connectivity index (χ1) is 10.0. The fraction of sp³-hybridized carbons (Fsp3) is 0.333.